The SMILES string of the molecule is COc1ccc(OC)c(-c2csc(NC(=O)Cc3ccc(C)c(C)c3)n2)c1. The van der Waals surface area contributed by atoms with Gasteiger partial charge in [-0.1, -0.05) is 18.2 Å². The molecule has 0 bridgehead atoms. The van der Waals surface area contributed by atoms with Crippen LogP contribution in [-0.4, -0.2) is 25.1 Å². The van der Waals surface area contributed by atoms with Gasteiger partial charge in [-0.15, -0.1) is 11.3 Å². The van der Waals surface area contributed by atoms with E-state index in [4.69, 9.17) is 9.47 Å². The molecule has 2 aromatic carbocycles. The van der Waals surface area contributed by atoms with Gasteiger partial charge >= 0.3 is 0 Å². The van der Waals surface area contributed by atoms with Crippen LogP contribution in [-0.2, 0) is 11.2 Å². The van der Waals surface area contributed by atoms with Crippen LogP contribution in [0.25, 0.3) is 11.3 Å². The Morgan fingerprint density at radius 2 is 1.89 bits per heavy atom. The number of benzene rings is 2. The molecule has 27 heavy (non-hydrogen) atoms. The maximum atomic E-state index is 12.4. The van der Waals surface area contributed by atoms with Crippen molar-refractivity contribution in [3.63, 3.8) is 0 Å². The average Bonchev–Trinajstić information content (AvgIpc) is 3.12. The molecule has 0 fully saturated rings. The largest absolute Gasteiger partial charge is 0.497 e. The van der Waals surface area contributed by atoms with Crippen molar-refractivity contribution in [2.45, 2.75) is 20.3 Å². The number of carbonyl (C=O) groups excluding carboxylic acids is 1. The predicted octanol–water partition coefficient (Wildman–Crippen LogP) is 4.63. The Labute approximate surface area is 163 Å². The summed E-state index contributed by atoms with van der Waals surface area (Å²) in [4.78, 5) is 16.9. The molecular formula is C21H22N2O3S. The maximum Gasteiger partial charge on any atom is 0.230 e. The van der Waals surface area contributed by atoms with Crippen LogP contribution >= 0.6 is 11.3 Å². The number of amides is 1. The van der Waals surface area contributed by atoms with Gasteiger partial charge in [0, 0.05) is 10.9 Å². The van der Waals surface area contributed by atoms with Crippen molar-refractivity contribution in [3.05, 3.63) is 58.5 Å². The maximum absolute atomic E-state index is 12.4. The number of nitrogens with one attached hydrogen (secondary N) is 1. The first-order chi connectivity index (χ1) is 13.0. The van der Waals surface area contributed by atoms with Gasteiger partial charge in [0.2, 0.25) is 5.91 Å². The fourth-order valence-corrected chi connectivity index (χ4v) is 3.46. The van der Waals surface area contributed by atoms with E-state index < -0.39 is 0 Å². The lowest BCUT2D eigenvalue weighted by atomic mass is 10.0. The molecule has 1 heterocycles. The highest BCUT2D eigenvalue weighted by atomic mass is 32.1. The van der Waals surface area contributed by atoms with Crippen molar-refractivity contribution in [1.82, 2.24) is 4.98 Å². The predicted molar refractivity (Wildman–Crippen MR) is 109 cm³/mol. The standard InChI is InChI=1S/C21H22N2O3S/c1-13-5-6-15(9-14(13)2)10-20(24)23-21-22-18(12-27-21)17-11-16(25-3)7-8-19(17)26-4/h5-9,11-12H,10H2,1-4H3,(H,22,23,24). The normalized spacial score (nSPS) is 10.5. The number of methoxy groups -OCH3 is 2. The van der Waals surface area contributed by atoms with Crippen molar-refractivity contribution in [2.75, 3.05) is 19.5 Å². The molecule has 1 amide bonds. The Kier molecular flexibility index (Phi) is 5.76. The smallest absolute Gasteiger partial charge is 0.230 e. The fourth-order valence-electron chi connectivity index (χ4n) is 2.73. The van der Waals surface area contributed by atoms with E-state index in [1.165, 1.54) is 22.5 Å². The summed E-state index contributed by atoms with van der Waals surface area (Å²) in [7, 11) is 3.23. The first kappa shape index (κ1) is 18.9. The molecule has 3 rings (SSSR count). The zero-order valence-corrected chi connectivity index (χ0v) is 16.6. The van der Waals surface area contributed by atoms with Crippen molar-refractivity contribution in [1.29, 1.82) is 0 Å². The summed E-state index contributed by atoms with van der Waals surface area (Å²) in [5.41, 5.74) is 4.94. The lowest BCUT2D eigenvalue weighted by Gasteiger charge is -2.08. The van der Waals surface area contributed by atoms with Crippen molar-refractivity contribution in [2.24, 2.45) is 0 Å². The molecule has 3 aromatic rings. The summed E-state index contributed by atoms with van der Waals surface area (Å²) in [5, 5.41) is 5.33. The zero-order valence-electron chi connectivity index (χ0n) is 15.8. The molecule has 0 saturated carbocycles. The van der Waals surface area contributed by atoms with Crippen LogP contribution in [0.3, 0.4) is 0 Å². The van der Waals surface area contributed by atoms with Gasteiger partial charge in [0.15, 0.2) is 5.13 Å². The molecule has 5 nitrogen and oxygen atoms in total. The number of nitrogens with zero attached hydrogens (tertiary/aromatic N) is 1. The van der Waals surface area contributed by atoms with Crippen LogP contribution in [0.2, 0.25) is 0 Å². The number of hydrogen-bond acceptors (Lipinski definition) is 5. The van der Waals surface area contributed by atoms with Gasteiger partial charge in [-0.25, -0.2) is 4.98 Å². The Balaban J connectivity index is 1.74. The number of thiazole rings is 1. The third-order valence-electron chi connectivity index (χ3n) is 4.37. The second-order valence-electron chi connectivity index (χ2n) is 6.25. The summed E-state index contributed by atoms with van der Waals surface area (Å²) in [6.07, 6.45) is 0.318. The van der Waals surface area contributed by atoms with Gasteiger partial charge < -0.3 is 14.8 Å². The van der Waals surface area contributed by atoms with E-state index in [1.54, 1.807) is 14.2 Å². The van der Waals surface area contributed by atoms with Crippen LogP contribution in [0, 0.1) is 13.8 Å². The first-order valence-corrected chi connectivity index (χ1v) is 9.42. The number of anilines is 1. The highest BCUT2D eigenvalue weighted by molar-refractivity contribution is 7.14. The number of hydrogen-bond donors (Lipinski definition) is 1. The minimum Gasteiger partial charge on any atom is -0.497 e. The fraction of sp³-hybridized carbons (Fsp3) is 0.238. The van der Waals surface area contributed by atoms with E-state index in [1.807, 2.05) is 48.7 Å². The van der Waals surface area contributed by atoms with Crippen LogP contribution in [0.15, 0.2) is 41.8 Å². The number of rotatable bonds is 6. The second kappa shape index (κ2) is 8.22. The van der Waals surface area contributed by atoms with Crippen molar-refractivity contribution in [3.8, 4) is 22.8 Å². The summed E-state index contributed by atoms with van der Waals surface area (Å²) < 4.78 is 10.7. The molecule has 0 aliphatic carbocycles. The van der Waals surface area contributed by atoms with Crippen molar-refractivity contribution < 1.29 is 14.3 Å². The Morgan fingerprint density at radius 3 is 2.59 bits per heavy atom. The summed E-state index contributed by atoms with van der Waals surface area (Å²) in [6.45, 7) is 4.11. The molecule has 1 N–H and O–H groups in total. The van der Waals surface area contributed by atoms with Gasteiger partial charge in [-0.05, 0) is 48.7 Å². The third kappa shape index (κ3) is 4.46. The molecule has 6 heteroatoms. The highest BCUT2D eigenvalue weighted by Gasteiger charge is 2.13. The molecule has 0 aliphatic rings. The van der Waals surface area contributed by atoms with Gasteiger partial charge in [0.25, 0.3) is 0 Å². The quantitative estimate of drug-likeness (QED) is 0.675. The van der Waals surface area contributed by atoms with E-state index >= 15 is 0 Å². The van der Waals surface area contributed by atoms with Crippen LogP contribution in [0.5, 0.6) is 11.5 Å². The Bertz CT molecular complexity index is 966. The number of carbonyl (C=O) groups is 1. The topological polar surface area (TPSA) is 60.5 Å². The first-order valence-electron chi connectivity index (χ1n) is 8.54. The average molecular weight is 382 g/mol. The molecule has 1 aromatic heterocycles. The van der Waals surface area contributed by atoms with Crippen LogP contribution in [0.4, 0.5) is 5.13 Å². The molecular weight excluding hydrogens is 360 g/mol. The molecule has 0 spiro atoms. The summed E-state index contributed by atoms with van der Waals surface area (Å²) in [6, 6.07) is 11.6. The summed E-state index contributed by atoms with van der Waals surface area (Å²) >= 11 is 1.38. The van der Waals surface area contributed by atoms with Gasteiger partial charge in [-0.2, -0.15) is 0 Å². The van der Waals surface area contributed by atoms with Gasteiger partial charge in [0.05, 0.1) is 26.3 Å². The second-order valence-corrected chi connectivity index (χ2v) is 7.11. The van der Waals surface area contributed by atoms with Crippen molar-refractivity contribution >= 4 is 22.4 Å². The van der Waals surface area contributed by atoms with E-state index in [9.17, 15) is 4.79 Å². The Hall–Kier alpha value is -2.86. The van der Waals surface area contributed by atoms with E-state index in [0.717, 1.165) is 22.6 Å². The third-order valence-corrected chi connectivity index (χ3v) is 5.13. The lowest BCUT2D eigenvalue weighted by molar-refractivity contribution is -0.115. The molecule has 140 valence electrons. The molecule has 0 atom stereocenters. The van der Waals surface area contributed by atoms with E-state index in [0.29, 0.717) is 17.3 Å². The minimum atomic E-state index is -0.0863. The molecule has 0 aliphatic heterocycles. The minimum absolute atomic E-state index is 0.0863. The number of aryl methyl sites for hydroxylation is 2. The summed E-state index contributed by atoms with van der Waals surface area (Å²) in [5.74, 6) is 1.34. The number of aromatic nitrogens is 1. The highest BCUT2D eigenvalue weighted by Crippen LogP contribution is 2.35. The molecule has 0 saturated heterocycles. The van der Waals surface area contributed by atoms with Crippen LogP contribution in [0.1, 0.15) is 16.7 Å². The van der Waals surface area contributed by atoms with Crippen LogP contribution < -0.4 is 14.8 Å². The van der Waals surface area contributed by atoms with E-state index in [2.05, 4.69) is 17.2 Å². The number of ether oxygens (including phenoxy) is 2. The Morgan fingerprint density at radius 1 is 1.07 bits per heavy atom. The lowest BCUT2D eigenvalue weighted by Crippen LogP contribution is -2.14. The monoisotopic (exact) mass is 382 g/mol. The zero-order chi connectivity index (χ0) is 19.4. The van der Waals surface area contributed by atoms with Gasteiger partial charge in [0.1, 0.15) is 11.5 Å². The van der Waals surface area contributed by atoms with E-state index in [-0.39, 0.29) is 5.91 Å². The molecule has 0 radical (unpaired) electrons. The molecule has 0 unspecified atom stereocenters. The van der Waals surface area contributed by atoms with Gasteiger partial charge in [-0.3, -0.25) is 4.79 Å².